The smallest absolute Gasteiger partial charge is 0.407 e. The average Bonchev–Trinajstić information content (AvgIpc) is 3.17. The van der Waals surface area contributed by atoms with E-state index in [0.717, 1.165) is 0 Å². The number of alkyl carbamates (subject to hydrolysis) is 1. The molecule has 4 atom stereocenters. The molecule has 1 amide bonds. The van der Waals surface area contributed by atoms with Gasteiger partial charge in [-0.2, -0.15) is 0 Å². The number of methoxy groups -OCH3 is 1. The lowest BCUT2D eigenvalue weighted by Gasteiger charge is -2.34. The van der Waals surface area contributed by atoms with Crippen LogP contribution in [0.1, 0.15) is 39.2 Å². The molecule has 0 saturated carbocycles. The Labute approximate surface area is 186 Å². The third kappa shape index (κ3) is 4.59. The number of fused-ring (bicyclic) bond motifs is 3. The van der Waals surface area contributed by atoms with Crippen LogP contribution in [0.5, 0.6) is 11.5 Å². The number of nitrogens with one attached hydrogen (secondary N) is 1. The van der Waals surface area contributed by atoms with Gasteiger partial charge >= 0.3 is 6.09 Å². The molecule has 1 fully saturated rings. The summed E-state index contributed by atoms with van der Waals surface area (Å²) >= 11 is 0. The highest BCUT2D eigenvalue weighted by Gasteiger charge is 2.38. The van der Waals surface area contributed by atoms with E-state index in [-0.39, 0.29) is 18.4 Å². The van der Waals surface area contributed by atoms with Gasteiger partial charge in [-0.15, -0.1) is 0 Å². The van der Waals surface area contributed by atoms with Crippen LogP contribution in [0.25, 0.3) is 10.9 Å². The first kappa shape index (κ1) is 22.5. The molecule has 2 N–H and O–H groups in total. The zero-order valence-corrected chi connectivity index (χ0v) is 18.7. The summed E-state index contributed by atoms with van der Waals surface area (Å²) in [5, 5.41) is 14.1. The van der Waals surface area contributed by atoms with Gasteiger partial charge in [-0.3, -0.25) is 4.98 Å². The quantitative estimate of drug-likeness (QED) is 0.741. The van der Waals surface area contributed by atoms with Gasteiger partial charge in [-0.25, -0.2) is 9.18 Å². The number of carbonyl (C=O) groups excluding carboxylic acids is 1. The number of benzene rings is 1. The first-order valence-corrected chi connectivity index (χ1v) is 10.8. The molecule has 1 saturated heterocycles. The van der Waals surface area contributed by atoms with Crippen LogP contribution in [-0.4, -0.2) is 59.9 Å². The second-order valence-electron chi connectivity index (χ2n) is 9.22. The van der Waals surface area contributed by atoms with Crippen LogP contribution in [0.2, 0.25) is 0 Å². The molecule has 32 heavy (non-hydrogen) atoms. The maximum absolute atomic E-state index is 14.9. The Morgan fingerprint density at radius 2 is 2.09 bits per heavy atom. The van der Waals surface area contributed by atoms with Crippen LogP contribution >= 0.6 is 0 Å². The fourth-order valence-corrected chi connectivity index (χ4v) is 4.20. The Morgan fingerprint density at radius 3 is 2.75 bits per heavy atom. The molecule has 8 nitrogen and oxygen atoms in total. The third-order valence-electron chi connectivity index (χ3n) is 5.70. The minimum Gasteiger partial charge on any atom is -0.494 e. The van der Waals surface area contributed by atoms with E-state index in [2.05, 4.69) is 10.3 Å². The predicted molar refractivity (Wildman–Crippen MR) is 115 cm³/mol. The van der Waals surface area contributed by atoms with Crippen molar-refractivity contribution < 1.29 is 33.2 Å². The monoisotopic (exact) mass is 448 g/mol. The third-order valence-corrected chi connectivity index (χ3v) is 5.70. The predicted octanol–water partition coefficient (Wildman–Crippen LogP) is 3.12. The van der Waals surface area contributed by atoms with Crippen LogP contribution < -0.4 is 14.8 Å². The van der Waals surface area contributed by atoms with Gasteiger partial charge in [0, 0.05) is 17.4 Å². The molecule has 4 unspecified atom stereocenters. The van der Waals surface area contributed by atoms with Crippen molar-refractivity contribution >= 4 is 17.0 Å². The van der Waals surface area contributed by atoms with Crippen LogP contribution in [0, 0.1) is 5.82 Å². The summed E-state index contributed by atoms with van der Waals surface area (Å²) in [6.45, 7) is 5.67. The summed E-state index contributed by atoms with van der Waals surface area (Å²) < 4.78 is 37.0. The summed E-state index contributed by atoms with van der Waals surface area (Å²) in [4.78, 5) is 16.2. The van der Waals surface area contributed by atoms with Gasteiger partial charge in [0.25, 0.3) is 0 Å². The average molecular weight is 448 g/mol. The topological polar surface area (TPSA) is 99.1 Å². The van der Waals surface area contributed by atoms with E-state index in [9.17, 15) is 14.3 Å². The molecule has 174 valence electrons. The molecule has 1 aromatic carbocycles. The SMILES string of the molecule is COc1ccc2ncc3c(c2c1F)CC(C(O)C1CCC(NC(=O)OC(C)(C)C)CO1)O3. The molecule has 2 aliphatic rings. The van der Waals surface area contributed by atoms with Crippen molar-refractivity contribution in [3.63, 3.8) is 0 Å². The van der Waals surface area contributed by atoms with Gasteiger partial charge in [0.1, 0.15) is 23.6 Å². The Balaban J connectivity index is 1.39. The van der Waals surface area contributed by atoms with Crippen molar-refractivity contribution in [2.75, 3.05) is 13.7 Å². The molecule has 3 heterocycles. The van der Waals surface area contributed by atoms with E-state index < -0.39 is 35.8 Å². The van der Waals surface area contributed by atoms with E-state index in [4.69, 9.17) is 18.9 Å². The number of hydrogen-bond acceptors (Lipinski definition) is 7. The van der Waals surface area contributed by atoms with Crippen molar-refractivity contribution in [3.05, 3.63) is 29.7 Å². The molecule has 0 spiro atoms. The van der Waals surface area contributed by atoms with Crippen LogP contribution in [-0.2, 0) is 15.9 Å². The highest BCUT2D eigenvalue weighted by Crippen LogP contribution is 2.39. The van der Waals surface area contributed by atoms with Crippen molar-refractivity contribution in [1.82, 2.24) is 10.3 Å². The Bertz CT molecular complexity index is 1000. The van der Waals surface area contributed by atoms with Crippen LogP contribution in [0.15, 0.2) is 18.3 Å². The Hall–Kier alpha value is -2.65. The van der Waals surface area contributed by atoms with E-state index in [1.54, 1.807) is 33.0 Å². The van der Waals surface area contributed by atoms with Gasteiger partial charge in [-0.1, -0.05) is 0 Å². The Kier molecular flexibility index (Phi) is 6.13. The number of rotatable bonds is 4. The fraction of sp³-hybridized carbons (Fsp3) is 0.565. The fourth-order valence-electron chi connectivity index (χ4n) is 4.20. The molecule has 0 radical (unpaired) electrons. The molecule has 0 aliphatic carbocycles. The second kappa shape index (κ2) is 8.71. The number of pyridine rings is 1. The highest BCUT2D eigenvalue weighted by molar-refractivity contribution is 5.86. The molecular formula is C23H29FN2O6. The van der Waals surface area contributed by atoms with Gasteiger partial charge in [0.05, 0.1) is 37.6 Å². The van der Waals surface area contributed by atoms with Gasteiger partial charge in [0.15, 0.2) is 11.6 Å². The van der Waals surface area contributed by atoms with E-state index in [0.29, 0.717) is 41.5 Å². The van der Waals surface area contributed by atoms with Gasteiger partial charge < -0.3 is 29.4 Å². The number of nitrogens with zero attached hydrogens (tertiary/aromatic N) is 1. The zero-order valence-electron chi connectivity index (χ0n) is 18.7. The van der Waals surface area contributed by atoms with E-state index in [1.165, 1.54) is 13.2 Å². The number of aliphatic hydroxyl groups excluding tert-OH is 1. The molecule has 9 heteroatoms. The lowest BCUT2D eigenvalue weighted by molar-refractivity contribution is -0.103. The van der Waals surface area contributed by atoms with Crippen molar-refractivity contribution in [3.8, 4) is 11.5 Å². The van der Waals surface area contributed by atoms with Crippen LogP contribution in [0.4, 0.5) is 9.18 Å². The summed E-state index contributed by atoms with van der Waals surface area (Å²) in [5.41, 5.74) is 0.594. The number of aromatic nitrogens is 1. The van der Waals surface area contributed by atoms with E-state index >= 15 is 0 Å². The second-order valence-corrected chi connectivity index (χ2v) is 9.22. The van der Waals surface area contributed by atoms with Crippen molar-refractivity contribution in [2.24, 2.45) is 0 Å². The molecule has 1 aromatic heterocycles. The minimum atomic E-state index is -0.909. The maximum atomic E-state index is 14.9. The molecule has 2 aliphatic heterocycles. The first-order valence-electron chi connectivity index (χ1n) is 10.8. The number of ether oxygens (including phenoxy) is 4. The van der Waals surface area contributed by atoms with Crippen molar-refractivity contribution in [2.45, 2.75) is 70.0 Å². The minimum absolute atomic E-state index is 0.135. The van der Waals surface area contributed by atoms with Gasteiger partial charge in [-0.05, 0) is 45.7 Å². The normalized spacial score (nSPS) is 23.9. The number of amides is 1. The van der Waals surface area contributed by atoms with E-state index in [1.807, 2.05) is 0 Å². The van der Waals surface area contributed by atoms with Gasteiger partial charge in [0.2, 0.25) is 0 Å². The van der Waals surface area contributed by atoms with Crippen LogP contribution in [0.3, 0.4) is 0 Å². The highest BCUT2D eigenvalue weighted by atomic mass is 19.1. The maximum Gasteiger partial charge on any atom is 0.407 e. The molecule has 4 rings (SSSR count). The summed E-state index contributed by atoms with van der Waals surface area (Å²) in [7, 11) is 1.41. The molecule has 0 bridgehead atoms. The number of aliphatic hydroxyl groups is 1. The number of halogens is 1. The first-order chi connectivity index (χ1) is 15.2. The molecule has 2 aromatic rings. The molecular weight excluding hydrogens is 419 g/mol. The lowest BCUT2D eigenvalue weighted by atomic mass is 9.95. The van der Waals surface area contributed by atoms with Crippen molar-refractivity contribution in [1.29, 1.82) is 0 Å². The standard InChI is InChI=1S/C23H29FN2O6/c1-23(2,3)32-22(28)26-12-5-7-16(30-11-12)21(27)17-9-13-18(31-17)10-25-14-6-8-15(29-4)20(24)19(13)14/h6,8,10,12,16-17,21,27H,5,7,9,11H2,1-4H3,(H,26,28). The summed E-state index contributed by atoms with van der Waals surface area (Å²) in [6, 6.07) is 3.05. The number of carbonyl (C=O) groups is 1. The largest absolute Gasteiger partial charge is 0.494 e. The zero-order chi connectivity index (χ0) is 23.0. The Morgan fingerprint density at radius 1 is 1.31 bits per heavy atom. The summed E-state index contributed by atoms with van der Waals surface area (Å²) in [5.74, 6) is 0.0999. The lowest BCUT2D eigenvalue weighted by Crippen LogP contribution is -2.49. The summed E-state index contributed by atoms with van der Waals surface area (Å²) in [6.07, 6.45) is 0.631. The number of hydrogen-bond donors (Lipinski definition) is 2.